The summed E-state index contributed by atoms with van der Waals surface area (Å²) in [4.78, 5) is 2.54. The number of hydrogen-bond acceptors (Lipinski definition) is 5. The van der Waals surface area contributed by atoms with Crippen molar-refractivity contribution >= 4 is 0 Å². The van der Waals surface area contributed by atoms with Gasteiger partial charge in [-0.2, -0.15) is 0 Å². The van der Waals surface area contributed by atoms with Crippen LogP contribution >= 0.6 is 0 Å². The van der Waals surface area contributed by atoms with E-state index in [0.29, 0.717) is 11.8 Å². The highest BCUT2D eigenvalue weighted by atomic mass is 16.5. The van der Waals surface area contributed by atoms with E-state index in [2.05, 4.69) is 30.1 Å². The molecule has 0 spiro atoms. The fourth-order valence-electron chi connectivity index (χ4n) is 3.50. The predicted molar refractivity (Wildman–Crippen MR) is 92.7 cm³/mol. The molecule has 0 unspecified atom stereocenters. The molecule has 0 bridgehead atoms. The molecule has 1 aromatic carbocycles. The topological polar surface area (TPSA) is 43.0 Å². The van der Waals surface area contributed by atoms with Crippen LogP contribution in [0, 0.1) is 0 Å². The first-order valence-corrected chi connectivity index (χ1v) is 8.48. The average molecular weight is 322 g/mol. The van der Waals surface area contributed by atoms with Crippen molar-refractivity contribution in [1.82, 2.24) is 10.2 Å². The molecule has 130 valence electrons. The Bertz CT molecular complexity index is 513. The summed E-state index contributed by atoms with van der Waals surface area (Å²) < 4.78 is 16.8. The number of hydrogen-bond donors (Lipinski definition) is 1. The van der Waals surface area contributed by atoms with Crippen molar-refractivity contribution in [3.8, 4) is 17.2 Å². The molecule has 0 aliphatic carbocycles. The van der Waals surface area contributed by atoms with Gasteiger partial charge in [-0.3, -0.25) is 4.90 Å². The zero-order valence-corrected chi connectivity index (χ0v) is 15.1. The fraction of sp³-hybridized carbons (Fsp3) is 0.667. The van der Waals surface area contributed by atoms with Gasteiger partial charge in [0.2, 0.25) is 5.75 Å². The summed E-state index contributed by atoms with van der Waals surface area (Å²) in [5.74, 6) is 2.22. The van der Waals surface area contributed by atoms with Crippen molar-refractivity contribution in [1.29, 1.82) is 0 Å². The number of rotatable bonds is 8. The van der Waals surface area contributed by atoms with Gasteiger partial charge in [-0.15, -0.1) is 0 Å². The lowest BCUT2D eigenvalue weighted by Gasteiger charge is -2.37. The lowest BCUT2D eigenvalue weighted by Crippen LogP contribution is -2.40. The predicted octanol–water partition coefficient (Wildman–Crippen LogP) is 2.98. The molecule has 0 amide bonds. The summed E-state index contributed by atoms with van der Waals surface area (Å²) in [6, 6.07) is 2.37. The highest BCUT2D eigenvalue weighted by molar-refractivity contribution is 5.60. The molecule has 2 rings (SSSR count). The minimum Gasteiger partial charge on any atom is -0.493 e. The molecular weight excluding hydrogens is 292 g/mol. The maximum absolute atomic E-state index is 5.75. The van der Waals surface area contributed by atoms with Crippen molar-refractivity contribution < 1.29 is 14.2 Å². The van der Waals surface area contributed by atoms with E-state index in [4.69, 9.17) is 14.2 Å². The lowest BCUT2D eigenvalue weighted by molar-refractivity contribution is 0.180. The Morgan fingerprint density at radius 2 is 1.70 bits per heavy atom. The lowest BCUT2D eigenvalue weighted by atomic mass is 9.93. The maximum atomic E-state index is 5.75. The zero-order chi connectivity index (χ0) is 16.8. The molecule has 1 aromatic rings. The zero-order valence-electron chi connectivity index (χ0n) is 15.1. The Morgan fingerprint density at radius 3 is 2.22 bits per heavy atom. The molecule has 23 heavy (non-hydrogen) atoms. The molecule has 0 aromatic heterocycles. The minimum atomic E-state index is 0.299. The second-order valence-electron chi connectivity index (χ2n) is 5.90. The largest absolute Gasteiger partial charge is 0.493 e. The van der Waals surface area contributed by atoms with Gasteiger partial charge in [0.1, 0.15) is 0 Å². The maximum Gasteiger partial charge on any atom is 0.203 e. The first kappa shape index (κ1) is 17.9. The molecule has 0 radical (unpaired) electrons. The Kier molecular flexibility index (Phi) is 6.54. The molecule has 0 fully saturated rings. The van der Waals surface area contributed by atoms with Crippen LogP contribution in [0.15, 0.2) is 6.07 Å². The highest BCUT2D eigenvalue weighted by Gasteiger charge is 2.32. The first-order chi connectivity index (χ1) is 11.2. The van der Waals surface area contributed by atoms with Crippen LogP contribution in [-0.4, -0.2) is 45.9 Å². The van der Waals surface area contributed by atoms with Crippen molar-refractivity contribution in [2.45, 2.75) is 39.3 Å². The molecule has 1 aliphatic heterocycles. The van der Waals surface area contributed by atoms with Gasteiger partial charge < -0.3 is 19.5 Å². The summed E-state index contributed by atoms with van der Waals surface area (Å²) in [6.45, 7) is 8.37. The van der Waals surface area contributed by atoms with E-state index in [9.17, 15) is 0 Å². The fourth-order valence-corrected chi connectivity index (χ4v) is 3.50. The van der Waals surface area contributed by atoms with Gasteiger partial charge in [0.15, 0.2) is 11.5 Å². The van der Waals surface area contributed by atoms with Crippen LogP contribution in [-0.2, 0) is 6.54 Å². The van der Waals surface area contributed by atoms with Crippen LogP contribution in [0.5, 0.6) is 17.2 Å². The van der Waals surface area contributed by atoms with Gasteiger partial charge in [-0.25, -0.2) is 0 Å². The molecule has 1 atom stereocenters. The number of nitrogens with zero attached hydrogens (tertiary/aromatic N) is 1. The van der Waals surface area contributed by atoms with Crippen LogP contribution in [0.4, 0.5) is 0 Å². The van der Waals surface area contributed by atoms with E-state index in [-0.39, 0.29) is 0 Å². The third-order valence-corrected chi connectivity index (χ3v) is 4.40. The summed E-state index contributed by atoms with van der Waals surface area (Å²) in [6.07, 6.45) is 2.28. The standard InChI is InChI=1S/C18H30N2O3/c1-6-8-20(9-7-2)14-12-19-11-13-10-15(21-3)17(22-4)18(23-5)16(13)14/h10,14,19H,6-9,11-12H2,1-5H3/t14-/m0/s1. The smallest absolute Gasteiger partial charge is 0.203 e. The Balaban J connectivity index is 2.54. The highest BCUT2D eigenvalue weighted by Crippen LogP contribution is 2.46. The molecule has 1 N–H and O–H groups in total. The van der Waals surface area contributed by atoms with Gasteiger partial charge in [0, 0.05) is 18.7 Å². The van der Waals surface area contributed by atoms with Gasteiger partial charge in [0.25, 0.3) is 0 Å². The van der Waals surface area contributed by atoms with Crippen molar-refractivity contribution in [2.75, 3.05) is 41.0 Å². The molecule has 1 heterocycles. The number of methoxy groups -OCH3 is 3. The normalized spacial score (nSPS) is 17.0. The third-order valence-electron chi connectivity index (χ3n) is 4.40. The van der Waals surface area contributed by atoms with E-state index in [1.807, 2.05) is 0 Å². The number of ether oxygens (including phenoxy) is 3. The van der Waals surface area contributed by atoms with E-state index >= 15 is 0 Å². The average Bonchev–Trinajstić information content (AvgIpc) is 2.59. The van der Waals surface area contributed by atoms with Crippen LogP contribution < -0.4 is 19.5 Å². The van der Waals surface area contributed by atoms with Crippen LogP contribution in [0.1, 0.15) is 43.9 Å². The second-order valence-corrected chi connectivity index (χ2v) is 5.90. The minimum absolute atomic E-state index is 0.299. The van der Waals surface area contributed by atoms with Crippen LogP contribution in [0.2, 0.25) is 0 Å². The van der Waals surface area contributed by atoms with E-state index < -0.39 is 0 Å². The van der Waals surface area contributed by atoms with Gasteiger partial charge in [-0.05, 0) is 37.6 Å². The summed E-state index contributed by atoms with van der Waals surface area (Å²) >= 11 is 0. The van der Waals surface area contributed by atoms with Crippen molar-refractivity contribution in [3.63, 3.8) is 0 Å². The second kappa shape index (κ2) is 8.41. The van der Waals surface area contributed by atoms with Crippen molar-refractivity contribution in [3.05, 3.63) is 17.2 Å². The van der Waals surface area contributed by atoms with E-state index in [0.717, 1.165) is 50.5 Å². The van der Waals surface area contributed by atoms with Crippen LogP contribution in [0.25, 0.3) is 0 Å². The van der Waals surface area contributed by atoms with E-state index in [1.54, 1.807) is 21.3 Å². The Hall–Kier alpha value is -1.46. The van der Waals surface area contributed by atoms with Crippen LogP contribution in [0.3, 0.4) is 0 Å². The van der Waals surface area contributed by atoms with Gasteiger partial charge in [0.05, 0.1) is 27.4 Å². The Labute approximate surface area is 139 Å². The quantitative estimate of drug-likeness (QED) is 0.797. The molecular formula is C18H30N2O3. The van der Waals surface area contributed by atoms with Gasteiger partial charge >= 0.3 is 0 Å². The molecule has 5 heteroatoms. The monoisotopic (exact) mass is 322 g/mol. The molecule has 0 saturated carbocycles. The SMILES string of the molecule is CCCN(CCC)[C@H]1CNCc2cc(OC)c(OC)c(OC)c21. The number of nitrogens with one attached hydrogen (secondary N) is 1. The summed E-state index contributed by atoms with van der Waals surface area (Å²) in [5, 5.41) is 3.53. The molecule has 0 saturated heterocycles. The molecule has 1 aliphatic rings. The number of fused-ring (bicyclic) bond motifs is 1. The van der Waals surface area contributed by atoms with Crippen molar-refractivity contribution in [2.24, 2.45) is 0 Å². The Morgan fingerprint density at radius 1 is 1.04 bits per heavy atom. The molecule has 5 nitrogen and oxygen atoms in total. The summed E-state index contributed by atoms with van der Waals surface area (Å²) in [7, 11) is 5.04. The number of benzene rings is 1. The summed E-state index contributed by atoms with van der Waals surface area (Å²) in [5.41, 5.74) is 2.47. The third kappa shape index (κ3) is 3.56. The first-order valence-electron chi connectivity index (χ1n) is 8.48. The van der Waals surface area contributed by atoms with Gasteiger partial charge in [-0.1, -0.05) is 13.8 Å². The van der Waals surface area contributed by atoms with E-state index in [1.165, 1.54) is 11.1 Å².